The number of aryl methyl sites for hydroxylation is 1. The first-order valence-corrected chi connectivity index (χ1v) is 13.7. The maximum absolute atomic E-state index is 5.60. The second-order valence-electron chi connectivity index (χ2n) is 11.2. The molecule has 1 aromatic carbocycles. The Kier molecular flexibility index (Phi) is 6.42. The molecule has 186 valence electrons. The quantitative estimate of drug-likeness (QED) is 0.612. The minimum atomic E-state index is 0.635. The highest BCUT2D eigenvalue weighted by Crippen LogP contribution is 2.51. The van der Waals surface area contributed by atoms with Crippen LogP contribution in [0.5, 0.6) is 0 Å². The topological polar surface area (TPSA) is 31.8 Å². The molecule has 4 aliphatic rings. The van der Waals surface area contributed by atoms with Crippen molar-refractivity contribution in [3.8, 4) is 11.3 Å². The van der Waals surface area contributed by atoms with E-state index < -0.39 is 0 Å². The van der Waals surface area contributed by atoms with E-state index in [9.17, 15) is 0 Å². The van der Waals surface area contributed by atoms with Crippen LogP contribution in [0, 0.1) is 12.8 Å². The number of rotatable bonds is 6. The third-order valence-corrected chi connectivity index (χ3v) is 8.34. The van der Waals surface area contributed by atoms with Gasteiger partial charge < -0.3 is 9.64 Å². The molecule has 2 aliphatic heterocycles. The monoisotopic (exact) mass is 472 g/mol. The van der Waals surface area contributed by atoms with Crippen LogP contribution in [-0.4, -0.2) is 79.9 Å². The summed E-state index contributed by atoms with van der Waals surface area (Å²) in [6, 6.07) is 12.3. The first kappa shape index (κ1) is 23.2. The number of fused-ring (bicyclic) bond motifs is 1. The molecule has 35 heavy (non-hydrogen) atoms. The Morgan fingerprint density at radius 2 is 1.69 bits per heavy atom. The molecule has 2 aliphatic carbocycles. The van der Waals surface area contributed by atoms with Gasteiger partial charge in [-0.25, -0.2) is 0 Å². The van der Waals surface area contributed by atoms with Gasteiger partial charge in [-0.3, -0.25) is 14.8 Å². The minimum Gasteiger partial charge on any atom is -0.379 e. The van der Waals surface area contributed by atoms with Gasteiger partial charge in [-0.1, -0.05) is 12.1 Å². The zero-order chi connectivity index (χ0) is 23.9. The third-order valence-electron chi connectivity index (χ3n) is 8.34. The number of allylic oxidation sites excluding steroid dienone is 1. The predicted octanol–water partition coefficient (Wildman–Crippen LogP) is 4.64. The Balaban J connectivity index is 1.28. The van der Waals surface area contributed by atoms with Gasteiger partial charge in [-0.15, -0.1) is 0 Å². The molecule has 3 heterocycles. The van der Waals surface area contributed by atoms with E-state index in [-0.39, 0.29) is 0 Å². The molecule has 6 rings (SSSR count). The summed E-state index contributed by atoms with van der Waals surface area (Å²) in [5, 5.41) is 0. The van der Waals surface area contributed by atoms with E-state index in [0.717, 1.165) is 77.1 Å². The number of nitrogens with zero attached hydrogens (tertiary/aromatic N) is 4. The smallest absolute Gasteiger partial charge is 0.0783 e. The lowest BCUT2D eigenvalue weighted by Crippen LogP contribution is -2.48. The maximum atomic E-state index is 5.60. The molecule has 0 bridgehead atoms. The summed E-state index contributed by atoms with van der Waals surface area (Å²) in [4.78, 5) is 12.8. The summed E-state index contributed by atoms with van der Waals surface area (Å²) in [7, 11) is 0. The standard InChI is InChI=1S/C30H40N4O/c1-21(2)33-10-12-34(13-11-33)27-8-6-24(7-9-27)30-29-25(18-22(3)31-30)19-26(28(29)23-4-5-23)20-32-14-16-35-17-15-32/h6-9,18,21,23H,4-5,10-17,19-20H2,1-3H3. The second-order valence-corrected chi connectivity index (χ2v) is 11.2. The molecule has 0 atom stereocenters. The van der Waals surface area contributed by atoms with Crippen LogP contribution in [0.4, 0.5) is 5.69 Å². The summed E-state index contributed by atoms with van der Waals surface area (Å²) < 4.78 is 5.60. The lowest BCUT2D eigenvalue weighted by atomic mass is 9.95. The van der Waals surface area contributed by atoms with Gasteiger partial charge in [0.1, 0.15) is 0 Å². The van der Waals surface area contributed by atoms with Gasteiger partial charge in [0.2, 0.25) is 0 Å². The molecule has 0 amide bonds. The molecular formula is C30H40N4O. The highest BCUT2D eigenvalue weighted by atomic mass is 16.5. The highest BCUT2D eigenvalue weighted by molar-refractivity contribution is 5.88. The van der Waals surface area contributed by atoms with Crippen LogP contribution in [-0.2, 0) is 11.2 Å². The van der Waals surface area contributed by atoms with Crippen LogP contribution in [0.2, 0.25) is 0 Å². The van der Waals surface area contributed by atoms with Gasteiger partial charge in [0.15, 0.2) is 0 Å². The number of ether oxygens (including phenoxy) is 1. The molecule has 0 unspecified atom stereocenters. The normalized spacial score (nSPS) is 21.8. The number of piperazine rings is 1. The number of morpholine rings is 1. The SMILES string of the molecule is Cc1cc2c(c(-c3ccc(N4CCN(C(C)C)CC4)cc3)n1)C(C1CC1)=C(CN1CCOCC1)C2. The van der Waals surface area contributed by atoms with E-state index in [1.807, 2.05) is 0 Å². The minimum absolute atomic E-state index is 0.635. The molecular weight excluding hydrogens is 432 g/mol. The van der Waals surface area contributed by atoms with E-state index in [2.05, 4.69) is 65.8 Å². The molecule has 1 aromatic heterocycles. The Bertz CT molecular complexity index is 1090. The summed E-state index contributed by atoms with van der Waals surface area (Å²) in [5.41, 5.74) is 11.2. The number of hydrogen-bond acceptors (Lipinski definition) is 5. The zero-order valence-corrected chi connectivity index (χ0v) is 21.7. The van der Waals surface area contributed by atoms with Gasteiger partial charge in [-0.05, 0) is 80.9 Å². The van der Waals surface area contributed by atoms with Crippen LogP contribution in [0.15, 0.2) is 35.9 Å². The van der Waals surface area contributed by atoms with Gasteiger partial charge in [0, 0.05) is 74.4 Å². The Labute approximate surface area is 210 Å². The fourth-order valence-corrected chi connectivity index (χ4v) is 6.25. The first-order chi connectivity index (χ1) is 17.1. The lowest BCUT2D eigenvalue weighted by molar-refractivity contribution is 0.0421. The summed E-state index contributed by atoms with van der Waals surface area (Å²) in [6.45, 7) is 16.2. The maximum Gasteiger partial charge on any atom is 0.0783 e. The van der Waals surface area contributed by atoms with Gasteiger partial charge in [0.05, 0.1) is 18.9 Å². The van der Waals surface area contributed by atoms with Crippen LogP contribution in [0.3, 0.4) is 0 Å². The Hall–Kier alpha value is -2.21. The predicted molar refractivity (Wildman–Crippen MR) is 144 cm³/mol. The molecule has 2 saturated heterocycles. The van der Waals surface area contributed by atoms with E-state index in [1.165, 1.54) is 40.9 Å². The molecule has 0 radical (unpaired) electrons. The summed E-state index contributed by atoms with van der Waals surface area (Å²) in [5.74, 6) is 0.729. The highest BCUT2D eigenvalue weighted by Gasteiger charge is 2.37. The van der Waals surface area contributed by atoms with Crippen molar-refractivity contribution in [3.05, 3.63) is 52.7 Å². The zero-order valence-electron chi connectivity index (χ0n) is 21.7. The van der Waals surface area contributed by atoms with Crippen LogP contribution < -0.4 is 4.90 Å². The van der Waals surface area contributed by atoms with Crippen molar-refractivity contribution in [3.63, 3.8) is 0 Å². The van der Waals surface area contributed by atoms with Crippen molar-refractivity contribution < 1.29 is 4.74 Å². The summed E-state index contributed by atoms with van der Waals surface area (Å²) >= 11 is 0. The molecule has 5 nitrogen and oxygen atoms in total. The van der Waals surface area contributed by atoms with Crippen molar-refractivity contribution in [2.75, 3.05) is 63.9 Å². The second kappa shape index (κ2) is 9.68. The molecule has 1 saturated carbocycles. The van der Waals surface area contributed by atoms with Crippen molar-refractivity contribution in [1.29, 1.82) is 0 Å². The number of hydrogen-bond donors (Lipinski definition) is 0. The average molecular weight is 473 g/mol. The average Bonchev–Trinajstić information content (AvgIpc) is 3.65. The molecule has 3 fully saturated rings. The lowest BCUT2D eigenvalue weighted by Gasteiger charge is -2.38. The van der Waals surface area contributed by atoms with Crippen molar-refractivity contribution >= 4 is 11.3 Å². The number of pyridine rings is 1. The third kappa shape index (κ3) is 4.78. The molecule has 5 heteroatoms. The van der Waals surface area contributed by atoms with Crippen LogP contribution >= 0.6 is 0 Å². The largest absolute Gasteiger partial charge is 0.379 e. The molecule has 0 spiro atoms. The van der Waals surface area contributed by atoms with Gasteiger partial charge >= 0.3 is 0 Å². The van der Waals surface area contributed by atoms with Crippen LogP contribution in [0.1, 0.15) is 43.5 Å². The van der Waals surface area contributed by atoms with Crippen LogP contribution in [0.25, 0.3) is 16.8 Å². The van der Waals surface area contributed by atoms with Crippen molar-refractivity contribution in [2.24, 2.45) is 5.92 Å². The first-order valence-electron chi connectivity index (χ1n) is 13.7. The number of benzene rings is 1. The number of anilines is 1. The Morgan fingerprint density at radius 3 is 2.34 bits per heavy atom. The van der Waals surface area contributed by atoms with E-state index in [0.29, 0.717) is 6.04 Å². The fraction of sp³-hybridized carbons (Fsp3) is 0.567. The molecule has 2 aromatic rings. The van der Waals surface area contributed by atoms with E-state index in [1.54, 1.807) is 11.1 Å². The molecule has 0 N–H and O–H groups in total. The fourth-order valence-electron chi connectivity index (χ4n) is 6.25. The number of aromatic nitrogens is 1. The summed E-state index contributed by atoms with van der Waals surface area (Å²) in [6.07, 6.45) is 3.75. The van der Waals surface area contributed by atoms with Crippen molar-refractivity contribution in [2.45, 2.75) is 46.1 Å². The van der Waals surface area contributed by atoms with Gasteiger partial charge in [-0.2, -0.15) is 0 Å². The Morgan fingerprint density at radius 1 is 0.971 bits per heavy atom. The van der Waals surface area contributed by atoms with Gasteiger partial charge in [0.25, 0.3) is 0 Å². The van der Waals surface area contributed by atoms with E-state index in [4.69, 9.17) is 9.72 Å². The van der Waals surface area contributed by atoms with E-state index >= 15 is 0 Å². The van der Waals surface area contributed by atoms with Crippen molar-refractivity contribution in [1.82, 2.24) is 14.8 Å².